The molecule has 0 spiro atoms. The standard InChI is InChI=1S/C9H10N4O2/c14-4-2-1-3-13-6-12-7-8(13)10-5-11-9(7)15/h1-2,5-6,14H,3-4H2,(H,10,11,15)/b2-1+. The monoisotopic (exact) mass is 206 g/mol. The van der Waals surface area contributed by atoms with Crippen LogP contribution in [0.3, 0.4) is 0 Å². The van der Waals surface area contributed by atoms with Crippen LogP contribution in [0.5, 0.6) is 0 Å². The molecule has 2 aromatic heterocycles. The van der Waals surface area contributed by atoms with Crippen LogP contribution in [-0.4, -0.2) is 31.2 Å². The maximum absolute atomic E-state index is 11.3. The Hall–Kier alpha value is -1.95. The lowest BCUT2D eigenvalue weighted by Gasteiger charge is -1.96. The fourth-order valence-electron chi connectivity index (χ4n) is 1.29. The van der Waals surface area contributed by atoms with E-state index in [-0.39, 0.29) is 12.2 Å². The van der Waals surface area contributed by atoms with Crippen LogP contribution in [0, 0.1) is 0 Å². The first-order chi connectivity index (χ1) is 7.33. The van der Waals surface area contributed by atoms with Crippen LogP contribution in [0.1, 0.15) is 0 Å². The third-order valence-corrected chi connectivity index (χ3v) is 1.98. The molecule has 0 radical (unpaired) electrons. The molecule has 6 nitrogen and oxygen atoms in total. The summed E-state index contributed by atoms with van der Waals surface area (Å²) in [5, 5.41) is 8.57. The highest BCUT2D eigenvalue weighted by Crippen LogP contribution is 2.03. The molecule has 2 rings (SSSR count). The molecule has 0 aromatic carbocycles. The molecule has 0 aliphatic carbocycles. The molecule has 15 heavy (non-hydrogen) atoms. The summed E-state index contributed by atoms with van der Waals surface area (Å²) in [6.45, 7) is 0.536. The lowest BCUT2D eigenvalue weighted by Crippen LogP contribution is -2.07. The van der Waals surface area contributed by atoms with E-state index in [9.17, 15) is 4.79 Å². The average molecular weight is 206 g/mol. The molecule has 0 aliphatic heterocycles. The molecule has 0 saturated heterocycles. The number of aliphatic hydroxyl groups excluding tert-OH is 1. The fraction of sp³-hybridized carbons (Fsp3) is 0.222. The third kappa shape index (κ3) is 1.79. The Morgan fingerprint density at radius 3 is 3.13 bits per heavy atom. The largest absolute Gasteiger partial charge is 0.392 e. The number of nitrogens with one attached hydrogen (secondary N) is 1. The van der Waals surface area contributed by atoms with Crippen molar-refractivity contribution in [3.63, 3.8) is 0 Å². The zero-order chi connectivity index (χ0) is 10.7. The Kier molecular flexibility index (Phi) is 2.59. The number of hydrogen-bond acceptors (Lipinski definition) is 4. The normalized spacial score (nSPS) is 11.5. The molecule has 78 valence electrons. The van der Waals surface area contributed by atoms with E-state index in [0.29, 0.717) is 17.7 Å². The van der Waals surface area contributed by atoms with Gasteiger partial charge in [-0.1, -0.05) is 12.2 Å². The van der Waals surface area contributed by atoms with Crippen LogP contribution in [0.25, 0.3) is 11.2 Å². The average Bonchev–Trinajstić information content (AvgIpc) is 2.64. The van der Waals surface area contributed by atoms with Crippen LogP contribution < -0.4 is 5.56 Å². The molecule has 0 fully saturated rings. The van der Waals surface area contributed by atoms with E-state index in [1.165, 1.54) is 6.33 Å². The molecule has 6 heteroatoms. The number of rotatable bonds is 3. The minimum absolute atomic E-state index is 0.000636. The van der Waals surface area contributed by atoms with Crippen molar-refractivity contribution in [3.05, 3.63) is 35.2 Å². The number of aromatic nitrogens is 4. The Labute approximate surface area is 84.9 Å². The number of fused-ring (bicyclic) bond motifs is 1. The molecule has 2 heterocycles. The zero-order valence-corrected chi connectivity index (χ0v) is 7.92. The topological polar surface area (TPSA) is 83.8 Å². The summed E-state index contributed by atoms with van der Waals surface area (Å²) in [7, 11) is 0. The molecule has 0 unspecified atom stereocenters. The van der Waals surface area contributed by atoms with Gasteiger partial charge in [-0.15, -0.1) is 0 Å². The van der Waals surface area contributed by atoms with Crippen molar-refractivity contribution >= 4 is 11.2 Å². The summed E-state index contributed by atoms with van der Waals surface area (Å²) in [6.07, 6.45) is 6.30. The molecular formula is C9H10N4O2. The van der Waals surface area contributed by atoms with Crippen molar-refractivity contribution in [1.82, 2.24) is 19.5 Å². The number of hydrogen-bond donors (Lipinski definition) is 2. The lowest BCUT2D eigenvalue weighted by molar-refractivity contribution is 0.342. The predicted molar refractivity (Wildman–Crippen MR) is 54.4 cm³/mol. The minimum atomic E-state index is -0.245. The number of H-pyrrole nitrogens is 1. The van der Waals surface area contributed by atoms with Crippen LogP contribution in [0.4, 0.5) is 0 Å². The highest BCUT2D eigenvalue weighted by molar-refractivity contribution is 5.68. The van der Waals surface area contributed by atoms with Crippen LogP contribution in [0.2, 0.25) is 0 Å². The maximum atomic E-state index is 11.3. The Morgan fingerprint density at radius 1 is 1.47 bits per heavy atom. The summed E-state index contributed by atoms with van der Waals surface area (Å²) in [6, 6.07) is 0. The van der Waals surface area contributed by atoms with Gasteiger partial charge in [-0.2, -0.15) is 0 Å². The van der Waals surface area contributed by atoms with E-state index >= 15 is 0 Å². The summed E-state index contributed by atoms with van der Waals surface area (Å²) in [5.41, 5.74) is 0.626. The zero-order valence-electron chi connectivity index (χ0n) is 7.92. The molecule has 0 aliphatic rings. The van der Waals surface area contributed by atoms with E-state index in [2.05, 4.69) is 15.0 Å². The van der Waals surface area contributed by atoms with Gasteiger partial charge in [-0.3, -0.25) is 4.79 Å². The summed E-state index contributed by atoms with van der Waals surface area (Å²) >= 11 is 0. The molecular weight excluding hydrogens is 196 g/mol. The Morgan fingerprint density at radius 2 is 2.33 bits per heavy atom. The van der Waals surface area contributed by atoms with Gasteiger partial charge >= 0.3 is 0 Å². The van der Waals surface area contributed by atoms with Crippen molar-refractivity contribution in [2.24, 2.45) is 0 Å². The first-order valence-corrected chi connectivity index (χ1v) is 4.47. The number of aromatic amines is 1. The van der Waals surface area contributed by atoms with Gasteiger partial charge in [0.1, 0.15) is 0 Å². The second-order valence-electron chi connectivity index (χ2n) is 2.95. The maximum Gasteiger partial charge on any atom is 0.278 e. The SMILES string of the molecule is O=c1[nH]cnc2c1ncn2C/C=C/CO. The van der Waals surface area contributed by atoms with Crippen molar-refractivity contribution in [3.8, 4) is 0 Å². The number of imidazole rings is 1. The summed E-state index contributed by atoms with van der Waals surface area (Å²) in [4.78, 5) is 21.7. The van der Waals surface area contributed by atoms with Gasteiger partial charge in [0.2, 0.25) is 0 Å². The highest BCUT2D eigenvalue weighted by Gasteiger charge is 2.04. The Bertz CT molecular complexity index is 540. The molecule has 2 N–H and O–H groups in total. The molecule has 2 aromatic rings. The first-order valence-electron chi connectivity index (χ1n) is 4.47. The van der Waals surface area contributed by atoms with Crippen LogP contribution in [0.15, 0.2) is 29.6 Å². The van der Waals surface area contributed by atoms with Gasteiger partial charge in [-0.25, -0.2) is 9.97 Å². The van der Waals surface area contributed by atoms with Crippen LogP contribution >= 0.6 is 0 Å². The van der Waals surface area contributed by atoms with Crippen molar-refractivity contribution < 1.29 is 5.11 Å². The van der Waals surface area contributed by atoms with Gasteiger partial charge in [0.05, 0.1) is 19.3 Å². The molecule has 0 amide bonds. The fourth-order valence-corrected chi connectivity index (χ4v) is 1.29. The van der Waals surface area contributed by atoms with Crippen LogP contribution in [-0.2, 0) is 6.54 Å². The second-order valence-corrected chi connectivity index (χ2v) is 2.95. The van der Waals surface area contributed by atoms with E-state index < -0.39 is 0 Å². The first kappa shape index (κ1) is 9.60. The van der Waals surface area contributed by atoms with Gasteiger partial charge < -0.3 is 14.7 Å². The van der Waals surface area contributed by atoms with E-state index in [4.69, 9.17) is 5.11 Å². The van der Waals surface area contributed by atoms with E-state index in [0.717, 1.165) is 0 Å². The van der Waals surface area contributed by atoms with Gasteiger partial charge in [0.15, 0.2) is 11.2 Å². The van der Waals surface area contributed by atoms with Gasteiger partial charge in [-0.05, 0) is 0 Å². The quantitative estimate of drug-likeness (QED) is 0.673. The molecule has 0 bridgehead atoms. The summed E-state index contributed by atoms with van der Waals surface area (Å²) < 4.78 is 1.73. The van der Waals surface area contributed by atoms with E-state index in [1.54, 1.807) is 23.0 Å². The van der Waals surface area contributed by atoms with Crippen molar-refractivity contribution in [2.45, 2.75) is 6.54 Å². The minimum Gasteiger partial charge on any atom is -0.392 e. The summed E-state index contributed by atoms with van der Waals surface area (Å²) in [5.74, 6) is 0. The number of nitrogens with zero attached hydrogens (tertiary/aromatic N) is 3. The smallest absolute Gasteiger partial charge is 0.278 e. The molecule has 0 saturated carbocycles. The third-order valence-electron chi connectivity index (χ3n) is 1.98. The predicted octanol–water partition coefficient (Wildman–Crippen LogP) is -0.332. The van der Waals surface area contributed by atoms with Crippen molar-refractivity contribution in [1.29, 1.82) is 0 Å². The van der Waals surface area contributed by atoms with Gasteiger partial charge in [0, 0.05) is 6.54 Å². The van der Waals surface area contributed by atoms with Gasteiger partial charge in [0.25, 0.3) is 5.56 Å². The second kappa shape index (κ2) is 4.05. The molecule has 0 atom stereocenters. The number of aliphatic hydroxyl groups is 1. The lowest BCUT2D eigenvalue weighted by atomic mass is 10.5. The highest BCUT2D eigenvalue weighted by atomic mass is 16.2. The van der Waals surface area contributed by atoms with E-state index in [1.807, 2.05) is 0 Å². The Balaban J connectivity index is 2.41. The number of allylic oxidation sites excluding steroid dienone is 1. The van der Waals surface area contributed by atoms with Crippen molar-refractivity contribution in [2.75, 3.05) is 6.61 Å².